The van der Waals surface area contributed by atoms with Gasteiger partial charge in [-0.15, -0.1) is 11.3 Å². The van der Waals surface area contributed by atoms with E-state index in [1.54, 1.807) is 11.3 Å². The molecular weight excluding hydrogens is 272 g/mol. The molecule has 0 radical (unpaired) electrons. The maximum atomic E-state index is 11.4. The Balaban J connectivity index is 1.90. The average molecular weight is 288 g/mol. The standard InChI is InChI=1S/C15H16N2O2S/c1-9-10(2)20-14(16-9)8-17-7-12(15(18)19)11-5-3-4-6-13(11)17/h3-6,12H,7-8H2,1-2H3,(H,18,19). The molecule has 1 aliphatic rings. The Hall–Kier alpha value is -1.88. The van der Waals surface area contributed by atoms with E-state index in [4.69, 9.17) is 0 Å². The van der Waals surface area contributed by atoms with Crippen LogP contribution in [0.5, 0.6) is 0 Å². The summed E-state index contributed by atoms with van der Waals surface area (Å²) >= 11 is 1.69. The number of rotatable bonds is 3. The van der Waals surface area contributed by atoms with Crippen LogP contribution < -0.4 is 4.90 Å². The molecular formula is C15H16N2O2S. The minimum atomic E-state index is -0.758. The van der Waals surface area contributed by atoms with Gasteiger partial charge >= 0.3 is 5.97 Å². The summed E-state index contributed by atoms with van der Waals surface area (Å²) in [6, 6.07) is 7.75. The number of carboxylic acid groups (broad SMARTS) is 1. The molecule has 104 valence electrons. The number of hydrogen-bond donors (Lipinski definition) is 1. The third kappa shape index (κ3) is 2.18. The molecule has 0 amide bonds. The van der Waals surface area contributed by atoms with E-state index in [1.165, 1.54) is 4.88 Å². The van der Waals surface area contributed by atoms with Crippen molar-refractivity contribution in [2.75, 3.05) is 11.4 Å². The number of aryl methyl sites for hydroxylation is 2. The fraction of sp³-hybridized carbons (Fsp3) is 0.333. The molecule has 0 bridgehead atoms. The number of aliphatic carboxylic acids is 1. The van der Waals surface area contributed by atoms with E-state index in [2.05, 4.69) is 16.8 Å². The molecule has 3 rings (SSSR count). The second-order valence-electron chi connectivity index (χ2n) is 5.08. The quantitative estimate of drug-likeness (QED) is 0.943. The minimum Gasteiger partial charge on any atom is -0.481 e. The van der Waals surface area contributed by atoms with Gasteiger partial charge < -0.3 is 10.0 Å². The van der Waals surface area contributed by atoms with Crippen molar-refractivity contribution in [3.05, 3.63) is 45.4 Å². The third-order valence-corrected chi connectivity index (χ3v) is 4.81. The number of hydrogen-bond acceptors (Lipinski definition) is 4. The maximum absolute atomic E-state index is 11.4. The van der Waals surface area contributed by atoms with Crippen LogP contribution in [0.3, 0.4) is 0 Å². The van der Waals surface area contributed by atoms with Gasteiger partial charge in [0.25, 0.3) is 0 Å². The smallest absolute Gasteiger partial charge is 0.312 e. The predicted molar refractivity (Wildman–Crippen MR) is 79.5 cm³/mol. The third-order valence-electron chi connectivity index (χ3n) is 3.75. The number of benzene rings is 1. The van der Waals surface area contributed by atoms with Crippen molar-refractivity contribution in [1.29, 1.82) is 0 Å². The van der Waals surface area contributed by atoms with E-state index in [9.17, 15) is 9.90 Å². The number of para-hydroxylation sites is 1. The Morgan fingerprint density at radius 2 is 2.20 bits per heavy atom. The van der Waals surface area contributed by atoms with Crippen LogP contribution in [0.1, 0.15) is 27.1 Å². The van der Waals surface area contributed by atoms with Crippen LogP contribution in [0.15, 0.2) is 24.3 Å². The van der Waals surface area contributed by atoms with Gasteiger partial charge in [0.05, 0.1) is 12.2 Å². The molecule has 1 atom stereocenters. The van der Waals surface area contributed by atoms with Gasteiger partial charge in [-0.25, -0.2) is 4.98 Å². The van der Waals surface area contributed by atoms with Gasteiger partial charge in [0.2, 0.25) is 0 Å². The monoisotopic (exact) mass is 288 g/mol. The van der Waals surface area contributed by atoms with Gasteiger partial charge in [-0.2, -0.15) is 0 Å². The number of carbonyl (C=O) groups is 1. The molecule has 1 aliphatic heterocycles. The highest BCUT2D eigenvalue weighted by Crippen LogP contribution is 2.37. The van der Waals surface area contributed by atoms with E-state index < -0.39 is 11.9 Å². The lowest BCUT2D eigenvalue weighted by molar-refractivity contribution is -0.138. The number of nitrogens with zero attached hydrogens (tertiary/aromatic N) is 2. The van der Waals surface area contributed by atoms with Crippen LogP contribution in [0.2, 0.25) is 0 Å². The van der Waals surface area contributed by atoms with Crippen LogP contribution in [-0.2, 0) is 11.3 Å². The summed E-state index contributed by atoms with van der Waals surface area (Å²) in [4.78, 5) is 19.3. The molecule has 2 heterocycles. The van der Waals surface area contributed by atoms with Gasteiger partial charge in [0.1, 0.15) is 10.9 Å². The molecule has 0 saturated heterocycles. The number of aromatic nitrogens is 1. The Labute approximate surface area is 121 Å². The topological polar surface area (TPSA) is 53.4 Å². The van der Waals surface area contributed by atoms with Gasteiger partial charge in [-0.05, 0) is 25.5 Å². The van der Waals surface area contributed by atoms with Gasteiger partial charge in [-0.1, -0.05) is 18.2 Å². The first kappa shape index (κ1) is 13.1. The first-order valence-electron chi connectivity index (χ1n) is 6.56. The normalized spacial score (nSPS) is 17.3. The summed E-state index contributed by atoms with van der Waals surface area (Å²) in [6.45, 7) is 5.27. The van der Waals surface area contributed by atoms with Crippen molar-refractivity contribution in [2.24, 2.45) is 0 Å². The van der Waals surface area contributed by atoms with E-state index in [0.29, 0.717) is 13.1 Å². The van der Waals surface area contributed by atoms with Crippen molar-refractivity contribution < 1.29 is 9.90 Å². The Kier molecular flexibility index (Phi) is 3.22. The summed E-state index contributed by atoms with van der Waals surface area (Å²) in [5.74, 6) is -1.19. The molecule has 0 aliphatic carbocycles. The van der Waals surface area contributed by atoms with Crippen LogP contribution in [0.25, 0.3) is 0 Å². The zero-order valence-corrected chi connectivity index (χ0v) is 12.3. The summed E-state index contributed by atoms with van der Waals surface area (Å²) in [5, 5.41) is 10.4. The lowest BCUT2D eigenvalue weighted by atomic mass is 10.0. The number of carboxylic acids is 1. The van der Waals surface area contributed by atoms with Crippen molar-refractivity contribution in [1.82, 2.24) is 4.98 Å². The first-order chi connectivity index (χ1) is 9.56. The Morgan fingerprint density at radius 3 is 2.85 bits per heavy atom. The molecule has 0 spiro atoms. The molecule has 2 aromatic rings. The van der Waals surface area contributed by atoms with E-state index in [0.717, 1.165) is 22.0 Å². The molecule has 1 aromatic carbocycles. The second-order valence-corrected chi connectivity index (χ2v) is 6.37. The number of fused-ring (bicyclic) bond motifs is 1. The Bertz CT molecular complexity index is 646. The highest BCUT2D eigenvalue weighted by Gasteiger charge is 2.33. The first-order valence-corrected chi connectivity index (χ1v) is 7.37. The van der Waals surface area contributed by atoms with E-state index in [1.807, 2.05) is 31.2 Å². The van der Waals surface area contributed by atoms with Crippen molar-refractivity contribution in [3.8, 4) is 0 Å². The zero-order chi connectivity index (χ0) is 14.3. The SMILES string of the molecule is Cc1nc(CN2CC(C(=O)O)c3ccccc32)sc1C. The largest absolute Gasteiger partial charge is 0.481 e. The molecule has 0 fully saturated rings. The molecule has 1 aromatic heterocycles. The zero-order valence-electron chi connectivity index (χ0n) is 11.5. The molecule has 5 heteroatoms. The number of anilines is 1. The fourth-order valence-electron chi connectivity index (χ4n) is 2.62. The fourth-order valence-corrected chi connectivity index (χ4v) is 3.57. The molecule has 0 saturated carbocycles. The average Bonchev–Trinajstić information content (AvgIpc) is 2.92. The maximum Gasteiger partial charge on any atom is 0.312 e. The summed E-state index contributed by atoms with van der Waals surface area (Å²) in [7, 11) is 0. The Morgan fingerprint density at radius 1 is 1.45 bits per heavy atom. The highest BCUT2D eigenvalue weighted by atomic mass is 32.1. The van der Waals surface area contributed by atoms with Gasteiger partial charge in [0, 0.05) is 17.1 Å². The van der Waals surface area contributed by atoms with E-state index in [-0.39, 0.29) is 0 Å². The lowest BCUT2D eigenvalue weighted by Crippen LogP contribution is -2.24. The van der Waals surface area contributed by atoms with Crippen LogP contribution in [0.4, 0.5) is 5.69 Å². The summed E-state index contributed by atoms with van der Waals surface area (Å²) in [5.41, 5.74) is 2.99. The lowest BCUT2D eigenvalue weighted by Gasteiger charge is -2.17. The van der Waals surface area contributed by atoms with Gasteiger partial charge in [-0.3, -0.25) is 4.79 Å². The van der Waals surface area contributed by atoms with Crippen molar-refractivity contribution >= 4 is 23.0 Å². The van der Waals surface area contributed by atoms with Crippen molar-refractivity contribution in [2.45, 2.75) is 26.3 Å². The predicted octanol–water partition coefficient (Wildman–Crippen LogP) is 2.95. The van der Waals surface area contributed by atoms with Crippen LogP contribution >= 0.6 is 11.3 Å². The minimum absolute atomic E-state index is 0.437. The molecule has 20 heavy (non-hydrogen) atoms. The number of thiazole rings is 1. The van der Waals surface area contributed by atoms with Crippen LogP contribution in [0, 0.1) is 13.8 Å². The molecule has 1 unspecified atom stereocenters. The second kappa shape index (κ2) is 4.90. The van der Waals surface area contributed by atoms with Crippen LogP contribution in [-0.4, -0.2) is 22.6 Å². The highest BCUT2D eigenvalue weighted by molar-refractivity contribution is 7.11. The summed E-state index contributed by atoms with van der Waals surface area (Å²) in [6.07, 6.45) is 0. The van der Waals surface area contributed by atoms with E-state index >= 15 is 0 Å². The van der Waals surface area contributed by atoms with Crippen molar-refractivity contribution in [3.63, 3.8) is 0 Å². The van der Waals surface area contributed by atoms with Gasteiger partial charge in [0.15, 0.2) is 0 Å². The summed E-state index contributed by atoms with van der Waals surface area (Å²) < 4.78 is 0. The molecule has 4 nitrogen and oxygen atoms in total. The molecule has 1 N–H and O–H groups in total.